The van der Waals surface area contributed by atoms with Crippen LogP contribution >= 0.6 is 0 Å². The lowest BCUT2D eigenvalue weighted by Crippen LogP contribution is -2.23. The number of hydrogen-bond acceptors (Lipinski definition) is 2. The number of nitrogens with zero attached hydrogens (tertiary/aromatic N) is 1. The minimum atomic E-state index is 0.839. The van der Waals surface area contributed by atoms with Crippen LogP contribution in [0.1, 0.15) is 25.7 Å². The van der Waals surface area contributed by atoms with E-state index in [4.69, 9.17) is 5.73 Å². The van der Waals surface area contributed by atoms with Crippen LogP contribution in [-0.2, 0) is 0 Å². The van der Waals surface area contributed by atoms with E-state index in [-0.39, 0.29) is 0 Å². The molecule has 2 nitrogen and oxygen atoms in total. The molecule has 0 heterocycles. The molecule has 2 heteroatoms. The van der Waals surface area contributed by atoms with E-state index in [2.05, 4.69) is 24.1 Å². The molecule has 0 aromatic heterocycles. The predicted molar refractivity (Wildman–Crippen MR) is 66.1 cm³/mol. The van der Waals surface area contributed by atoms with Crippen molar-refractivity contribution in [1.29, 1.82) is 0 Å². The van der Waals surface area contributed by atoms with Crippen LogP contribution in [0.15, 0.2) is 24.3 Å². The van der Waals surface area contributed by atoms with Crippen molar-refractivity contribution in [3.05, 3.63) is 24.3 Å². The first-order chi connectivity index (χ1) is 7.25. The fraction of sp³-hybridized carbons (Fsp3) is 0.538. The maximum Gasteiger partial charge on any atom is 0.0365 e. The number of nitrogens with two attached hydrogens (primary N) is 1. The first kappa shape index (κ1) is 10.3. The van der Waals surface area contributed by atoms with Crippen LogP contribution in [0, 0.1) is 5.92 Å². The van der Waals surface area contributed by atoms with Crippen LogP contribution in [0.3, 0.4) is 0 Å². The highest BCUT2D eigenvalue weighted by molar-refractivity contribution is 5.52. The van der Waals surface area contributed by atoms with Crippen molar-refractivity contribution in [2.24, 2.45) is 5.92 Å². The van der Waals surface area contributed by atoms with Crippen molar-refractivity contribution in [3.8, 4) is 0 Å². The Hall–Kier alpha value is -1.18. The second-order valence-electron chi connectivity index (χ2n) is 4.60. The van der Waals surface area contributed by atoms with Gasteiger partial charge in [-0.3, -0.25) is 0 Å². The molecule has 1 aliphatic rings. The van der Waals surface area contributed by atoms with E-state index in [1.54, 1.807) is 0 Å². The maximum absolute atomic E-state index is 5.66. The first-order valence-corrected chi connectivity index (χ1v) is 5.82. The van der Waals surface area contributed by atoms with Crippen LogP contribution in [0.2, 0.25) is 0 Å². The maximum atomic E-state index is 5.66. The van der Waals surface area contributed by atoms with Gasteiger partial charge < -0.3 is 10.6 Å². The molecule has 2 rings (SSSR count). The van der Waals surface area contributed by atoms with Crippen LogP contribution in [0.5, 0.6) is 0 Å². The van der Waals surface area contributed by atoms with Gasteiger partial charge in [0.15, 0.2) is 0 Å². The Kier molecular flexibility index (Phi) is 3.14. The van der Waals surface area contributed by atoms with Gasteiger partial charge in [-0.15, -0.1) is 0 Å². The molecule has 0 atom stereocenters. The lowest BCUT2D eigenvalue weighted by atomic mass is 9.83. The van der Waals surface area contributed by atoms with Crippen LogP contribution in [0.4, 0.5) is 11.4 Å². The number of rotatable bonds is 4. The summed E-state index contributed by atoms with van der Waals surface area (Å²) < 4.78 is 0. The SMILES string of the molecule is CN(CCC1CCC1)c1ccc(N)cc1. The Balaban J connectivity index is 1.83. The molecule has 0 aliphatic heterocycles. The summed E-state index contributed by atoms with van der Waals surface area (Å²) in [7, 11) is 2.16. The van der Waals surface area contributed by atoms with Crippen molar-refractivity contribution >= 4 is 11.4 Å². The van der Waals surface area contributed by atoms with Gasteiger partial charge in [0.2, 0.25) is 0 Å². The van der Waals surface area contributed by atoms with Gasteiger partial charge in [0.1, 0.15) is 0 Å². The fourth-order valence-electron chi connectivity index (χ4n) is 2.02. The minimum absolute atomic E-state index is 0.839. The van der Waals surface area contributed by atoms with Crippen molar-refractivity contribution in [3.63, 3.8) is 0 Å². The number of nitrogen functional groups attached to an aromatic ring is 1. The highest BCUT2D eigenvalue weighted by atomic mass is 15.1. The third kappa shape index (κ3) is 2.65. The molecule has 1 fully saturated rings. The van der Waals surface area contributed by atoms with E-state index in [1.807, 2.05) is 12.1 Å². The van der Waals surface area contributed by atoms with Crippen LogP contribution in [-0.4, -0.2) is 13.6 Å². The molecule has 2 N–H and O–H groups in total. The largest absolute Gasteiger partial charge is 0.399 e. The lowest BCUT2D eigenvalue weighted by molar-refractivity contribution is 0.299. The fourth-order valence-corrected chi connectivity index (χ4v) is 2.02. The molecule has 0 amide bonds. The highest BCUT2D eigenvalue weighted by Crippen LogP contribution is 2.29. The Morgan fingerprint density at radius 1 is 1.27 bits per heavy atom. The van der Waals surface area contributed by atoms with Crippen LogP contribution < -0.4 is 10.6 Å². The number of benzene rings is 1. The summed E-state index contributed by atoms with van der Waals surface area (Å²) in [6.45, 7) is 1.16. The zero-order valence-electron chi connectivity index (χ0n) is 9.45. The average Bonchev–Trinajstić information content (AvgIpc) is 2.16. The molecule has 15 heavy (non-hydrogen) atoms. The highest BCUT2D eigenvalue weighted by Gasteiger charge is 2.17. The molecule has 0 radical (unpaired) electrons. The zero-order chi connectivity index (χ0) is 10.7. The van der Waals surface area contributed by atoms with Gasteiger partial charge in [0, 0.05) is 25.0 Å². The van der Waals surface area contributed by atoms with E-state index in [1.165, 1.54) is 31.4 Å². The number of hydrogen-bond donors (Lipinski definition) is 1. The summed E-state index contributed by atoms with van der Waals surface area (Å²) in [5.41, 5.74) is 7.77. The van der Waals surface area contributed by atoms with E-state index >= 15 is 0 Å². The van der Waals surface area contributed by atoms with Crippen molar-refractivity contribution in [2.75, 3.05) is 24.2 Å². The van der Waals surface area contributed by atoms with Gasteiger partial charge in [0.25, 0.3) is 0 Å². The lowest BCUT2D eigenvalue weighted by Gasteiger charge is -2.28. The summed E-state index contributed by atoms with van der Waals surface area (Å²) >= 11 is 0. The normalized spacial score (nSPS) is 16.1. The second-order valence-corrected chi connectivity index (χ2v) is 4.60. The Labute approximate surface area is 92.1 Å². The van der Waals surface area contributed by atoms with Gasteiger partial charge in [-0.25, -0.2) is 0 Å². The van der Waals surface area contributed by atoms with Crippen molar-refractivity contribution in [2.45, 2.75) is 25.7 Å². The molecular formula is C13H20N2. The predicted octanol–water partition coefficient (Wildman–Crippen LogP) is 2.90. The van der Waals surface area contributed by atoms with Gasteiger partial charge in [-0.05, 0) is 36.6 Å². The minimum Gasteiger partial charge on any atom is -0.399 e. The van der Waals surface area contributed by atoms with Gasteiger partial charge in [-0.2, -0.15) is 0 Å². The Morgan fingerprint density at radius 3 is 2.47 bits per heavy atom. The summed E-state index contributed by atoms with van der Waals surface area (Å²) in [4.78, 5) is 2.32. The monoisotopic (exact) mass is 204 g/mol. The van der Waals surface area contributed by atoms with E-state index < -0.39 is 0 Å². The molecule has 82 valence electrons. The smallest absolute Gasteiger partial charge is 0.0365 e. The summed E-state index contributed by atoms with van der Waals surface area (Å²) in [5, 5.41) is 0. The molecule has 0 saturated heterocycles. The molecule has 0 spiro atoms. The molecule has 0 unspecified atom stereocenters. The average molecular weight is 204 g/mol. The molecular weight excluding hydrogens is 184 g/mol. The zero-order valence-corrected chi connectivity index (χ0v) is 9.45. The topological polar surface area (TPSA) is 29.3 Å². The quantitative estimate of drug-likeness (QED) is 0.764. The second kappa shape index (κ2) is 4.56. The third-order valence-corrected chi connectivity index (χ3v) is 3.43. The van der Waals surface area contributed by atoms with E-state index in [9.17, 15) is 0 Å². The van der Waals surface area contributed by atoms with Gasteiger partial charge in [0.05, 0.1) is 0 Å². The van der Waals surface area contributed by atoms with E-state index in [0.29, 0.717) is 0 Å². The Morgan fingerprint density at radius 2 is 1.93 bits per heavy atom. The standard InChI is InChI=1S/C13H20N2/c1-15(10-9-11-3-2-4-11)13-7-5-12(14)6-8-13/h5-8,11H,2-4,9-10,14H2,1H3. The molecule has 0 bridgehead atoms. The first-order valence-electron chi connectivity index (χ1n) is 5.82. The molecule has 1 saturated carbocycles. The van der Waals surface area contributed by atoms with Crippen molar-refractivity contribution < 1.29 is 0 Å². The Bertz CT molecular complexity index is 301. The summed E-state index contributed by atoms with van der Waals surface area (Å²) in [6.07, 6.45) is 5.66. The molecule has 1 aromatic rings. The molecule has 1 aliphatic carbocycles. The van der Waals surface area contributed by atoms with Crippen LogP contribution in [0.25, 0.3) is 0 Å². The van der Waals surface area contributed by atoms with Crippen molar-refractivity contribution in [1.82, 2.24) is 0 Å². The van der Waals surface area contributed by atoms with Gasteiger partial charge >= 0.3 is 0 Å². The third-order valence-electron chi connectivity index (χ3n) is 3.43. The van der Waals surface area contributed by atoms with E-state index in [0.717, 1.165) is 18.2 Å². The van der Waals surface area contributed by atoms with Gasteiger partial charge in [-0.1, -0.05) is 19.3 Å². The number of anilines is 2. The summed E-state index contributed by atoms with van der Waals surface area (Å²) in [5.74, 6) is 0.987. The summed E-state index contributed by atoms with van der Waals surface area (Å²) in [6, 6.07) is 8.12. The molecule has 1 aromatic carbocycles.